The van der Waals surface area contributed by atoms with E-state index < -0.39 is 20.3 Å². The predicted molar refractivity (Wildman–Crippen MR) is 138 cm³/mol. The third kappa shape index (κ3) is 6.46. The minimum atomic E-state index is -1.90. The van der Waals surface area contributed by atoms with E-state index in [1.165, 1.54) is 0 Å². The van der Waals surface area contributed by atoms with Crippen LogP contribution in [0.2, 0.25) is 18.1 Å². The van der Waals surface area contributed by atoms with Crippen LogP contribution in [0.3, 0.4) is 0 Å². The van der Waals surface area contributed by atoms with Gasteiger partial charge < -0.3 is 19.0 Å². The highest BCUT2D eigenvalue weighted by molar-refractivity contribution is 6.74. The SMILES string of the molecule is CC(C)(C)[Si](C)(C)OCC=Cc1cn(Cc2ccccc2)c(=O)c(N2CCN(C(=O)O)C(=O)C2)n1. The Bertz CT molecular complexity index is 1150. The fourth-order valence-electron chi connectivity index (χ4n) is 3.43. The maximum Gasteiger partial charge on any atom is 0.414 e. The largest absolute Gasteiger partial charge is 0.465 e. The zero-order valence-electron chi connectivity index (χ0n) is 21.0. The van der Waals surface area contributed by atoms with Crippen LogP contribution in [0.5, 0.6) is 0 Å². The standard InChI is InChI=1S/C25H34N4O5Si/c1-25(2,3)35(4,5)34-15-9-12-20-17-28(16-19-10-7-6-8-11-19)23(31)22(26-20)27-13-14-29(24(32)33)21(30)18-27/h6-12,17H,13-16,18H2,1-5H3,(H,32,33). The summed E-state index contributed by atoms with van der Waals surface area (Å²) in [4.78, 5) is 43.7. The van der Waals surface area contributed by atoms with Crippen molar-refractivity contribution in [1.82, 2.24) is 14.5 Å². The van der Waals surface area contributed by atoms with E-state index in [-0.39, 0.29) is 36.0 Å². The minimum absolute atomic E-state index is 0.0195. The van der Waals surface area contributed by atoms with Crippen molar-refractivity contribution in [3.05, 3.63) is 64.2 Å². The first kappa shape index (κ1) is 26.4. The Morgan fingerprint density at radius 2 is 1.86 bits per heavy atom. The lowest BCUT2D eigenvalue weighted by Crippen LogP contribution is -2.53. The van der Waals surface area contributed by atoms with Crippen molar-refractivity contribution in [2.75, 3.05) is 31.1 Å². The average Bonchev–Trinajstić information content (AvgIpc) is 2.78. The summed E-state index contributed by atoms with van der Waals surface area (Å²) >= 11 is 0. The van der Waals surface area contributed by atoms with E-state index in [9.17, 15) is 19.5 Å². The first-order valence-electron chi connectivity index (χ1n) is 11.6. The lowest BCUT2D eigenvalue weighted by atomic mass is 10.2. The predicted octanol–water partition coefficient (Wildman–Crippen LogP) is 3.65. The van der Waals surface area contributed by atoms with Gasteiger partial charge in [0, 0.05) is 19.3 Å². The Kier molecular flexibility index (Phi) is 7.96. The zero-order chi connectivity index (χ0) is 25.8. The van der Waals surface area contributed by atoms with Crippen LogP contribution < -0.4 is 10.5 Å². The van der Waals surface area contributed by atoms with Crippen LogP contribution in [0.15, 0.2) is 47.4 Å². The molecule has 188 valence electrons. The second-order valence-electron chi connectivity index (χ2n) is 10.1. The first-order chi connectivity index (χ1) is 16.4. The molecule has 0 radical (unpaired) electrons. The highest BCUT2D eigenvalue weighted by Crippen LogP contribution is 2.36. The Morgan fingerprint density at radius 1 is 1.17 bits per heavy atom. The van der Waals surface area contributed by atoms with Gasteiger partial charge in [-0.25, -0.2) is 14.7 Å². The summed E-state index contributed by atoms with van der Waals surface area (Å²) < 4.78 is 7.77. The fraction of sp³-hybridized carbons (Fsp3) is 0.440. The van der Waals surface area contributed by atoms with Crippen LogP contribution in [-0.4, -0.2) is 66.1 Å². The maximum absolute atomic E-state index is 13.3. The van der Waals surface area contributed by atoms with Gasteiger partial charge in [0.15, 0.2) is 14.1 Å². The molecule has 1 aliphatic rings. The lowest BCUT2D eigenvalue weighted by Gasteiger charge is -2.35. The molecule has 1 aromatic carbocycles. The molecule has 0 bridgehead atoms. The number of nitrogens with zero attached hydrogens (tertiary/aromatic N) is 4. The Labute approximate surface area is 206 Å². The molecule has 2 heterocycles. The van der Waals surface area contributed by atoms with E-state index in [1.807, 2.05) is 42.5 Å². The second kappa shape index (κ2) is 10.6. The van der Waals surface area contributed by atoms with Crippen molar-refractivity contribution in [3.63, 3.8) is 0 Å². The van der Waals surface area contributed by atoms with E-state index in [1.54, 1.807) is 15.7 Å². The smallest absolute Gasteiger partial charge is 0.414 e. The van der Waals surface area contributed by atoms with E-state index in [4.69, 9.17) is 4.43 Å². The van der Waals surface area contributed by atoms with Crippen molar-refractivity contribution >= 4 is 32.2 Å². The molecule has 2 amide bonds. The highest BCUT2D eigenvalue weighted by Gasteiger charge is 2.36. The number of hydrogen-bond donors (Lipinski definition) is 1. The number of carbonyl (C=O) groups is 2. The molecule has 1 saturated heterocycles. The fourth-order valence-corrected chi connectivity index (χ4v) is 4.37. The number of piperazine rings is 1. The summed E-state index contributed by atoms with van der Waals surface area (Å²) in [6.45, 7) is 11.7. The summed E-state index contributed by atoms with van der Waals surface area (Å²) in [6, 6.07) is 9.60. The van der Waals surface area contributed by atoms with Gasteiger partial charge in [-0.1, -0.05) is 57.2 Å². The van der Waals surface area contributed by atoms with Crippen LogP contribution in [0.1, 0.15) is 32.0 Å². The molecule has 1 fully saturated rings. The van der Waals surface area contributed by atoms with Crippen LogP contribution >= 0.6 is 0 Å². The van der Waals surface area contributed by atoms with Crippen molar-refractivity contribution in [1.29, 1.82) is 0 Å². The van der Waals surface area contributed by atoms with Crippen molar-refractivity contribution in [3.8, 4) is 0 Å². The molecule has 0 aliphatic carbocycles. The van der Waals surface area contributed by atoms with Gasteiger partial charge >= 0.3 is 6.09 Å². The maximum atomic E-state index is 13.3. The van der Waals surface area contributed by atoms with Crippen LogP contribution in [-0.2, 0) is 15.8 Å². The van der Waals surface area contributed by atoms with E-state index in [0.717, 1.165) is 10.5 Å². The Balaban J connectivity index is 1.89. The Hall–Kier alpha value is -3.24. The van der Waals surface area contributed by atoms with Gasteiger partial charge in [0.05, 0.1) is 25.4 Å². The Morgan fingerprint density at radius 3 is 2.46 bits per heavy atom. The van der Waals surface area contributed by atoms with Gasteiger partial charge in [-0.05, 0) is 29.8 Å². The van der Waals surface area contributed by atoms with E-state index in [2.05, 4.69) is 38.8 Å². The number of rotatable bonds is 7. The summed E-state index contributed by atoms with van der Waals surface area (Å²) in [5.74, 6) is -0.449. The summed E-state index contributed by atoms with van der Waals surface area (Å²) in [7, 11) is -1.90. The molecule has 9 nitrogen and oxygen atoms in total. The minimum Gasteiger partial charge on any atom is -0.465 e. The monoisotopic (exact) mass is 498 g/mol. The molecule has 0 spiro atoms. The number of carboxylic acid groups (broad SMARTS) is 1. The number of carbonyl (C=O) groups excluding carboxylic acids is 1. The normalized spacial score (nSPS) is 15.2. The first-order valence-corrected chi connectivity index (χ1v) is 14.5. The highest BCUT2D eigenvalue weighted by atomic mass is 28.4. The summed E-state index contributed by atoms with van der Waals surface area (Å²) in [5.41, 5.74) is 1.18. The average molecular weight is 499 g/mol. The molecule has 1 N–H and O–H groups in total. The van der Waals surface area contributed by atoms with Crippen LogP contribution in [0.25, 0.3) is 6.08 Å². The molecule has 0 atom stereocenters. The number of aromatic nitrogens is 2. The molecule has 3 rings (SSSR count). The van der Waals surface area contributed by atoms with Crippen molar-refractivity contribution < 1.29 is 19.1 Å². The van der Waals surface area contributed by atoms with Gasteiger partial charge in [0.1, 0.15) is 0 Å². The number of hydrogen-bond acceptors (Lipinski definition) is 6. The molecular weight excluding hydrogens is 464 g/mol. The molecule has 2 aromatic rings. The van der Waals surface area contributed by atoms with Gasteiger partial charge in [-0.3, -0.25) is 9.59 Å². The number of benzene rings is 1. The zero-order valence-corrected chi connectivity index (χ0v) is 22.0. The third-order valence-electron chi connectivity index (χ3n) is 6.56. The van der Waals surface area contributed by atoms with E-state index >= 15 is 0 Å². The van der Waals surface area contributed by atoms with Crippen LogP contribution in [0.4, 0.5) is 10.6 Å². The number of imide groups is 1. The number of anilines is 1. The summed E-state index contributed by atoms with van der Waals surface area (Å²) in [6.07, 6.45) is 4.10. The molecule has 0 unspecified atom stereocenters. The summed E-state index contributed by atoms with van der Waals surface area (Å²) in [5, 5.41) is 9.28. The number of amides is 2. The molecule has 1 aliphatic heterocycles. The van der Waals surface area contributed by atoms with Gasteiger partial charge in [-0.2, -0.15) is 0 Å². The van der Waals surface area contributed by atoms with Gasteiger partial charge in [0.2, 0.25) is 0 Å². The lowest BCUT2D eigenvalue weighted by molar-refractivity contribution is -0.128. The molecule has 0 saturated carbocycles. The van der Waals surface area contributed by atoms with Gasteiger partial charge in [0.25, 0.3) is 11.5 Å². The van der Waals surface area contributed by atoms with Crippen LogP contribution in [0, 0.1) is 0 Å². The van der Waals surface area contributed by atoms with Crippen molar-refractivity contribution in [2.45, 2.75) is 45.4 Å². The third-order valence-corrected chi connectivity index (χ3v) is 11.1. The molecular formula is C25H34N4O5Si. The van der Waals surface area contributed by atoms with Gasteiger partial charge in [-0.15, -0.1) is 0 Å². The van der Waals surface area contributed by atoms with Crippen molar-refractivity contribution in [2.24, 2.45) is 0 Å². The quantitative estimate of drug-likeness (QED) is 0.581. The molecule has 10 heteroatoms. The topological polar surface area (TPSA) is 105 Å². The second-order valence-corrected chi connectivity index (χ2v) is 14.9. The molecule has 35 heavy (non-hydrogen) atoms. The molecule has 1 aromatic heterocycles. The van der Waals surface area contributed by atoms with E-state index in [0.29, 0.717) is 18.8 Å².